The lowest BCUT2D eigenvalue weighted by Crippen LogP contribution is -2.24. The number of aryl methyl sites for hydroxylation is 1. The van der Waals surface area contributed by atoms with Gasteiger partial charge in [0.1, 0.15) is 5.75 Å². The van der Waals surface area contributed by atoms with Gasteiger partial charge in [-0.15, -0.1) is 0 Å². The van der Waals surface area contributed by atoms with Crippen LogP contribution in [0.15, 0.2) is 79.0 Å². The minimum absolute atomic E-state index is 0.137. The first-order valence-corrected chi connectivity index (χ1v) is 8.85. The Morgan fingerprint density at radius 3 is 2.67 bits per heavy atom. The van der Waals surface area contributed by atoms with E-state index in [9.17, 15) is 4.79 Å². The summed E-state index contributed by atoms with van der Waals surface area (Å²) in [5.41, 5.74) is 3.13. The van der Waals surface area contributed by atoms with E-state index in [1.165, 1.54) is 0 Å². The number of carbonyl (C=O) groups is 1. The zero-order valence-corrected chi connectivity index (χ0v) is 15.4. The van der Waals surface area contributed by atoms with Crippen molar-refractivity contribution in [3.63, 3.8) is 0 Å². The van der Waals surface area contributed by atoms with Crippen LogP contribution >= 0.6 is 0 Å². The van der Waals surface area contributed by atoms with Gasteiger partial charge in [0.2, 0.25) is 11.8 Å². The summed E-state index contributed by atoms with van der Waals surface area (Å²) in [6, 6.07) is 20.9. The third-order valence-electron chi connectivity index (χ3n) is 4.18. The highest BCUT2D eigenvalue weighted by Gasteiger charge is 2.09. The molecule has 2 aromatic carbocycles. The Labute approximate surface area is 159 Å². The van der Waals surface area contributed by atoms with Gasteiger partial charge in [0.25, 0.3) is 0 Å². The Kier molecular flexibility index (Phi) is 6.00. The first-order chi connectivity index (χ1) is 13.1. The second-order valence-corrected chi connectivity index (χ2v) is 6.26. The van der Waals surface area contributed by atoms with Crippen molar-refractivity contribution in [2.24, 2.45) is 0 Å². The molecule has 1 aromatic heterocycles. The zero-order chi connectivity index (χ0) is 19.1. The van der Waals surface area contributed by atoms with Crippen LogP contribution in [0.3, 0.4) is 0 Å². The fraction of sp³-hybridized carbons (Fsp3) is 0.130. The van der Waals surface area contributed by atoms with Crippen molar-refractivity contribution < 1.29 is 9.53 Å². The molecule has 1 amide bonds. The highest BCUT2D eigenvalue weighted by Crippen LogP contribution is 2.23. The molecule has 4 nitrogen and oxygen atoms in total. The monoisotopic (exact) mass is 358 g/mol. The van der Waals surface area contributed by atoms with Crippen LogP contribution in [0.4, 0.5) is 0 Å². The summed E-state index contributed by atoms with van der Waals surface area (Å²) < 4.78 is 5.75. The number of benzene rings is 2. The summed E-state index contributed by atoms with van der Waals surface area (Å²) in [6.45, 7) is 3.96. The molecule has 0 aliphatic rings. The Morgan fingerprint density at radius 1 is 1.07 bits per heavy atom. The Hall–Kier alpha value is -3.40. The van der Waals surface area contributed by atoms with Crippen LogP contribution in [0.2, 0.25) is 0 Å². The van der Waals surface area contributed by atoms with Gasteiger partial charge in [-0.3, -0.25) is 4.79 Å². The molecule has 1 heterocycles. The maximum atomic E-state index is 12.2. The number of aromatic nitrogens is 1. The molecule has 4 heteroatoms. The van der Waals surface area contributed by atoms with Crippen molar-refractivity contribution >= 4 is 12.0 Å². The Bertz CT molecular complexity index is 936. The summed E-state index contributed by atoms with van der Waals surface area (Å²) in [4.78, 5) is 16.4. The lowest BCUT2D eigenvalue weighted by atomic mass is 10.1. The van der Waals surface area contributed by atoms with Crippen molar-refractivity contribution in [1.82, 2.24) is 10.3 Å². The molecule has 0 aliphatic heterocycles. The van der Waals surface area contributed by atoms with Gasteiger partial charge in [-0.05, 0) is 54.8 Å². The van der Waals surface area contributed by atoms with Gasteiger partial charge in [-0.1, -0.05) is 42.5 Å². The van der Waals surface area contributed by atoms with Gasteiger partial charge >= 0.3 is 0 Å². The smallest absolute Gasteiger partial charge is 0.244 e. The van der Waals surface area contributed by atoms with Gasteiger partial charge in [-0.25, -0.2) is 4.98 Å². The number of nitrogens with zero attached hydrogens (tertiary/aromatic N) is 1. The third-order valence-corrected chi connectivity index (χ3v) is 4.18. The summed E-state index contributed by atoms with van der Waals surface area (Å²) >= 11 is 0. The topological polar surface area (TPSA) is 51.2 Å². The molecule has 0 saturated heterocycles. The first-order valence-electron chi connectivity index (χ1n) is 8.85. The van der Waals surface area contributed by atoms with Crippen molar-refractivity contribution in [3.05, 3.63) is 95.7 Å². The lowest BCUT2D eigenvalue weighted by Gasteiger charge is -2.14. The second-order valence-electron chi connectivity index (χ2n) is 6.26. The highest BCUT2D eigenvalue weighted by atomic mass is 16.5. The molecule has 0 saturated carbocycles. The first kappa shape index (κ1) is 18.4. The van der Waals surface area contributed by atoms with E-state index in [0.29, 0.717) is 11.6 Å². The minimum Gasteiger partial charge on any atom is -0.439 e. The number of carbonyl (C=O) groups excluding carboxylic acids is 1. The molecule has 0 radical (unpaired) electrons. The maximum Gasteiger partial charge on any atom is 0.244 e. The van der Waals surface area contributed by atoms with Crippen molar-refractivity contribution in [2.75, 3.05) is 0 Å². The third kappa shape index (κ3) is 5.28. The van der Waals surface area contributed by atoms with Crippen LogP contribution < -0.4 is 10.1 Å². The summed E-state index contributed by atoms with van der Waals surface area (Å²) in [7, 11) is 0. The number of amides is 1. The van der Waals surface area contributed by atoms with Gasteiger partial charge in [0.05, 0.1) is 6.04 Å². The highest BCUT2D eigenvalue weighted by molar-refractivity contribution is 5.92. The van der Waals surface area contributed by atoms with Crippen LogP contribution in [0.5, 0.6) is 11.6 Å². The molecular weight excluding hydrogens is 336 g/mol. The number of ether oxygens (including phenoxy) is 1. The molecule has 27 heavy (non-hydrogen) atoms. The molecule has 3 aromatic rings. The quantitative estimate of drug-likeness (QED) is 0.626. The molecule has 3 rings (SSSR count). The standard InChI is InChI=1S/C23H22N2O2/c1-17-8-3-4-9-19(17)13-14-22(26)25-18(2)20-10-7-11-21(16-20)27-23-12-5-6-15-24-23/h3-16,18H,1-2H3,(H,25,26)/b14-13+. The SMILES string of the molecule is Cc1ccccc1/C=C/C(=O)NC(C)c1cccc(Oc2ccccn2)c1. The van der Waals surface area contributed by atoms with Crippen LogP contribution in [-0.4, -0.2) is 10.9 Å². The maximum absolute atomic E-state index is 12.2. The van der Waals surface area contributed by atoms with Crippen molar-refractivity contribution in [3.8, 4) is 11.6 Å². The second kappa shape index (κ2) is 8.81. The predicted octanol–water partition coefficient (Wildman–Crippen LogP) is 5.07. The number of hydrogen-bond acceptors (Lipinski definition) is 3. The summed E-state index contributed by atoms with van der Waals surface area (Å²) in [5, 5.41) is 2.98. The number of hydrogen-bond donors (Lipinski definition) is 1. The lowest BCUT2D eigenvalue weighted by molar-refractivity contribution is -0.117. The van der Waals surface area contributed by atoms with E-state index in [4.69, 9.17) is 4.74 Å². The van der Waals surface area contributed by atoms with E-state index < -0.39 is 0 Å². The Morgan fingerprint density at radius 2 is 1.89 bits per heavy atom. The molecule has 0 spiro atoms. The average molecular weight is 358 g/mol. The average Bonchev–Trinajstić information content (AvgIpc) is 2.68. The zero-order valence-electron chi connectivity index (χ0n) is 15.4. The van der Waals surface area contributed by atoms with Crippen molar-refractivity contribution in [1.29, 1.82) is 0 Å². The van der Waals surface area contributed by atoms with Crippen LogP contribution in [-0.2, 0) is 4.79 Å². The summed E-state index contributed by atoms with van der Waals surface area (Å²) in [5.74, 6) is 1.08. The van der Waals surface area contributed by atoms with Crippen LogP contribution in [0.25, 0.3) is 6.08 Å². The van der Waals surface area contributed by atoms with Gasteiger partial charge in [-0.2, -0.15) is 0 Å². The van der Waals surface area contributed by atoms with Crippen molar-refractivity contribution in [2.45, 2.75) is 19.9 Å². The Balaban J connectivity index is 1.63. The fourth-order valence-corrected chi connectivity index (χ4v) is 2.66. The largest absolute Gasteiger partial charge is 0.439 e. The molecular formula is C23H22N2O2. The molecule has 0 aliphatic carbocycles. The summed E-state index contributed by atoms with van der Waals surface area (Å²) in [6.07, 6.45) is 5.08. The van der Waals surface area contributed by atoms with E-state index in [-0.39, 0.29) is 11.9 Å². The van der Waals surface area contributed by atoms with E-state index in [1.807, 2.05) is 80.6 Å². The normalized spacial score (nSPS) is 11.9. The van der Waals surface area contributed by atoms with E-state index in [2.05, 4.69) is 10.3 Å². The molecule has 1 atom stereocenters. The van der Waals surface area contributed by atoms with Gasteiger partial charge in [0.15, 0.2) is 0 Å². The van der Waals surface area contributed by atoms with E-state index in [0.717, 1.165) is 16.7 Å². The minimum atomic E-state index is -0.147. The molecule has 1 unspecified atom stereocenters. The number of nitrogens with one attached hydrogen (secondary N) is 1. The number of rotatable bonds is 6. The molecule has 0 fully saturated rings. The van der Waals surface area contributed by atoms with Crippen LogP contribution in [0.1, 0.15) is 29.7 Å². The van der Waals surface area contributed by atoms with Gasteiger partial charge in [0, 0.05) is 18.3 Å². The van der Waals surface area contributed by atoms with Gasteiger partial charge < -0.3 is 10.1 Å². The predicted molar refractivity (Wildman–Crippen MR) is 108 cm³/mol. The fourth-order valence-electron chi connectivity index (χ4n) is 2.66. The molecule has 1 N–H and O–H groups in total. The van der Waals surface area contributed by atoms with E-state index >= 15 is 0 Å². The molecule has 0 bridgehead atoms. The molecule has 136 valence electrons. The van der Waals surface area contributed by atoms with E-state index in [1.54, 1.807) is 18.3 Å². The van der Waals surface area contributed by atoms with Crippen LogP contribution in [0, 0.1) is 6.92 Å². The number of pyridine rings is 1.